The largest absolute Gasteiger partial charge is 0.416 e. The lowest BCUT2D eigenvalue weighted by Crippen LogP contribution is -2.45. The summed E-state index contributed by atoms with van der Waals surface area (Å²) in [6.07, 6.45) is -1.58. The van der Waals surface area contributed by atoms with Crippen molar-refractivity contribution in [2.45, 2.75) is 25.4 Å². The van der Waals surface area contributed by atoms with Gasteiger partial charge in [-0.15, -0.1) is 0 Å². The number of nitrogens with zero attached hydrogens (tertiary/aromatic N) is 1. The zero-order chi connectivity index (χ0) is 18.7. The van der Waals surface area contributed by atoms with Gasteiger partial charge < -0.3 is 5.32 Å². The first-order chi connectivity index (χ1) is 11.6. The smallest absolute Gasteiger partial charge is 0.355 e. The molecule has 1 unspecified atom stereocenters. The number of nitrogens with one attached hydrogen (secondary N) is 1. The third-order valence-corrected chi connectivity index (χ3v) is 5.49. The van der Waals surface area contributed by atoms with E-state index in [-0.39, 0.29) is 12.5 Å². The molecule has 1 fully saturated rings. The molecule has 0 radical (unpaired) electrons. The Morgan fingerprint density at radius 3 is 2.48 bits per heavy atom. The van der Waals surface area contributed by atoms with Crippen molar-refractivity contribution in [2.75, 3.05) is 25.9 Å². The maximum Gasteiger partial charge on any atom is 0.416 e. The number of rotatable bonds is 5. The lowest BCUT2D eigenvalue weighted by molar-refractivity contribution is -0.137. The Morgan fingerprint density at radius 1 is 1.28 bits per heavy atom. The Hall–Kier alpha value is -1.61. The molecule has 1 amide bonds. The predicted octanol–water partition coefficient (Wildman–Crippen LogP) is 2.04. The second-order valence-corrected chi connectivity index (χ2v) is 8.18. The minimum absolute atomic E-state index is 0.172. The minimum Gasteiger partial charge on any atom is -0.355 e. The van der Waals surface area contributed by atoms with Gasteiger partial charge in [-0.05, 0) is 37.0 Å². The fourth-order valence-electron chi connectivity index (χ4n) is 2.79. The first-order valence-electron chi connectivity index (χ1n) is 7.96. The molecule has 0 bridgehead atoms. The highest BCUT2D eigenvalue weighted by Crippen LogP contribution is 2.29. The van der Waals surface area contributed by atoms with Crippen LogP contribution in [0.1, 0.15) is 24.0 Å². The van der Waals surface area contributed by atoms with Crippen LogP contribution in [0.2, 0.25) is 0 Å². The molecule has 0 saturated carbocycles. The van der Waals surface area contributed by atoms with Gasteiger partial charge in [0.2, 0.25) is 15.9 Å². The molecule has 25 heavy (non-hydrogen) atoms. The molecule has 1 saturated heterocycles. The summed E-state index contributed by atoms with van der Waals surface area (Å²) in [5.74, 6) is -0.614. The van der Waals surface area contributed by atoms with E-state index in [0.717, 1.165) is 18.4 Å². The van der Waals surface area contributed by atoms with Gasteiger partial charge in [0.1, 0.15) is 0 Å². The summed E-state index contributed by atoms with van der Waals surface area (Å²) in [7, 11) is -3.31. The van der Waals surface area contributed by atoms with Crippen LogP contribution in [-0.4, -0.2) is 44.5 Å². The van der Waals surface area contributed by atoms with E-state index in [2.05, 4.69) is 5.32 Å². The number of carbonyl (C=O) groups excluding carboxylic acids is 1. The molecule has 1 N–H and O–H groups in total. The van der Waals surface area contributed by atoms with E-state index in [9.17, 15) is 26.4 Å². The maximum atomic E-state index is 12.5. The normalized spacial score (nSPS) is 19.6. The van der Waals surface area contributed by atoms with Crippen molar-refractivity contribution < 1.29 is 26.4 Å². The van der Waals surface area contributed by atoms with E-state index in [4.69, 9.17) is 0 Å². The molecular formula is C16H21F3N2O3S. The lowest BCUT2D eigenvalue weighted by atomic mass is 9.98. The van der Waals surface area contributed by atoms with E-state index >= 15 is 0 Å². The number of piperidine rings is 1. The van der Waals surface area contributed by atoms with Crippen molar-refractivity contribution >= 4 is 15.9 Å². The zero-order valence-corrected chi connectivity index (χ0v) is 14.7. The summed E-state index contributed by atoms with van der Waals surface area (Å²) in [5, 5.41) is 2.74. The number of hydrogen-bond acceptors (Lipinski definition) is 3. The van der Waals surface area contributed by atoms with Crippen LogP contribution in [0.5, 0.6) is 0 Å². The van der Waals surface area contributed by atoms with E-state index in [0.29, 0.717) is 37.9 Å². The summed E-state index contributed by atoms with van der Waals surface area (Å²) in [6, 6.07) is 4.81. The molecule has 0 spiro atoms. The zero-order valence-electron chi connectivity index (χ0n) is 13.8. The highest BCUT2D eigenvalue weighted by molar-refractivity contribution is 7.88. The van der Waals surface area contributed by atoms with Gasteiger partial charge in [0.05, 0.1) is 17.7 Å². The van der Waals surface area contributed by atoms with Gasteiger partial charge in [0.25, 0.3) is 0 Å². The molecular weight excluding hydrogens is 357 g/mol. The number of amides is 1. The summed E-state index contributed by atoms with van der Waals surface area (Å²) in [4.78, 5) is 12.2. The van der Waals surface area contributed by atoms with Crippen LogP contribution in [0.15, 0.2) is 24.3 Å². The highest BCUT2D eigenvalue weighted by atomic mass is 32.2. The van der Waals surface area contributed by atoms with Crippen molar-refractivity contribution in [3.63, 3.8) is 0 Å². The summed E-state index contributed by atoms with van der Waals surface area (Å²) < 4.78 is 61.9. The Bertz CT molecular complexity index is 702. The number of halogens is 3. The second-order valence-electron chi connectivity index (χ2n) is 6.20. The average Bonchev–Trinajstić information content (AvgIpc) is 2.54. The van der Waals surface area contributed by atoms with Crippen molar-refractivity contribution in [2.24, 2.45) is 5.92 Å². The highest BCUT2D eigenvalue weighted by Gasteiger charge is 2.31. The third kappa shape index (κ3) is 5.71. The second kappa shape index (κ2) is 7.74. The van der Waals surface area contributed by atoms with Crippen molar-refractivity contribution in [1.29, 1.82) is 0 Å². The molecule has 2 rings (SSSR count). The molecule has 0 aromatic heterocycles. The summed E-state index contributed by atoms with van der Waals surface area (Å²) >= 11 is 0. The van der Waals surface area contributed by atoms with Crippen LogP contribution in [0.25, 0.3) is 0 Å². The third-order valence-electron chi connectivity index (χ3n) is 4.22. The quantitative estimate of drug-likeness (QED) is 0.853. The number of carbonyl (C=O) groups is 1. The molecule has 1 aliphatic heterocycles. The van der Waals surface area contributed by atoms with E-state index in [1.165, 1.54) is 16.4 Å². The van der Waals surface area contributed by atoms with Crippen molar-refractivity contribution in [3.8, 4) is 0 Å². The first-order valence-corrected chi connectivity index (χ1v) is 9.81. The molecule has 1 aromatic carbocycles. The van der Waals surface area contributed by atoms with Crippen LogP contribution in [-0.2, 0) is 27.4 Å². The number of alkyl halides is 3. The van der Waals surface area contributed by atoms with Crippen LogP contribution < -0.4 is 5.32 Å². The Morgan fingerprint density at radius 2 is 1.92 bits per heavy atom. The van der Waals surface area contributed by atoms with Crippen molar-refractivity contribution in [1.82, 2.24) is 9.62 Å². The number of benzene rings is 1. The van der Waals surface area contributed by atoms with Crippen molar-refractivity contribution in [3.05, 3.63) is 35.4 Å². The minimum atomic E-state index is -4.36. The lowest BCUT2D eigenvalue weighted by Gasteiger charge is -2.30. The fraction of sp³-hybridized carbons (Fsp3) is 0.562. The van der Waals surface area contributed by atoms with Gasteiger partial charge in [-0.1, -0.05) is 12.1 Å². The molecule has 1 aromatic rings. The Balaban J connectivity index is 1.82. The average molecular weight is 378 g/mol. The Kier molecular flexibility index (Phi) is 6.10. The first kappa shape index (κ1) is 19.7. The molecule has 1 atom stereocenters. The predicted molar refractivity (Wildman–Crippen MR) is 87.3 cm³/mol. The monoisotopic (exact) mass is 378 g/mol. The maximum absolute atomic E-state index is 12.5. The molecule has 140 valence electrons. The van der Waals surface area contributed by atoms with E-state index in [1.807, 2.05) is 0 Å². The topological polar surface area (TPSA) is 66.5 Å². The number of hydrogen-bond donors (Lipinski definition) is 1. The molecule has 0 aliphatic carbocycles. The molecule has 9 heteroatoms. The van der Waals surface area contributed by atoms with Gasteiger partial charge in [0, 0.05) is 19.6 Å². The molecule has 5 nitrogen and oxygen atoms in total. The van der Waals surface area contributed by atoms with Gasteiger partial charge >= 0.3 is 6.18 Å². The fourth-order valence-corrected chi connectivity index (χ4v) is 3.70. The van der Waals surface area contributed by atoms with Crippen LogP contribution >= 0.6 is 0 Å². The van der Waals surface area contributed by atoms with Crippen LogP contribution in [0.4, 0.5) is 13.2 Å². The van der Waals surface area contributed by atoms with E-state index < -0.39 is 27.7 Å². The SMILES string of the molecule is CS(=O)(=O)N1CCCC(C(=O)NCCc2ccc(C(F)(F)F)cc2)C1. The molecule has 1 aliphatic rings. The Labute approximate surface area is 145 Å². The van der Waals surface area contributed by atoms with Gasteiger partial charge in [-0.2, -0.15) is 13.2 Å². The van der Waals surface area contributed by atoms with Gasteiger partial charge in [-0.25, -0.2) is 12.7 Å². The molecule has 1 heterocycles. The number of sulfonamides is 1. The van der Waals surface area contributed by atoms with E-state index in [1.54, 1.807) is 0 Å². The van der Waals surface area contributed by atoms with Gasteiger partial charge in [-0.3, -0.25) is 4.79 Å². The van der Waals surface area contributed by atoms with Crippen LogP contribution in [0, 0.1) is 5.92 Å². The van der Waals surface area contributed by atoms with Crippen LogP contribution in [0.3, 0.4) is 0 Å². The summed E-state index contributed by atoms with van der Waals surface area (Å²) in [5.41, 5.74) is -0.0157. The summed E-state index contributed by atoms with van der Waals surface area (Å²) in [6.45, 7) is 0.888. The van der Waals surface area contributed by atoms with Gasteiger partial charge in [0.15, 0.2) is 0 Å². The standard InChI is InChI=1S/C16H21F3N2O3S/c1-25(23,24)21-10-2-3-13(11-21)15(22)20-9-8-12-4-6-14(7-5-12)16(17,18)19/h4-7,13H,2-3,8-11H2,1H3,(H,20,22).